The molecule has 1 heterocycles. The summed E-state index contributed by atoms with van der Waals surface area (Å²) in [7, 11) is 0. The van der Waals surface area contributed by atoms with Crippen LogP contribution < -0.4 is 0 Å². The molecule has 138 valence electrons. The second-order valence-electron chi connectivity index (χ2n) is 7.15. The van der Waals surface area contributed by atoms with Gasteiger partial charge in [-0.25, -0.2) is 0 Å². The van der Waals surface area contributed by atoms with Crippen LogP contribution >= 0.6 is 11.8 Å². The zero-order valence-corrected chi connectivity index (χ0v) is 15.9. The molecule has 0 fully saturated rings. The van der Waals surface area contributed by atoms with Crippen LogP contribution in [0, 0.1) is 16.0 Å². The third kappa shape index (κ3) is 2.92. The number of hydrogen-bond donors (Lipinski definition) is 0. The molecule has 3 aromatic carbocycles. The summed E-state index contributed by atoms with van der Waals surface area (Å²) in [5.41, 5.74) is 5.98. The quantitative estimate of drug-likeness (QED) is 0.393. The smallest absolute Gasteiger partial charge is 0.258 e. The highest BCUT2D eigenvalue weighted by Crippen LogP contribution is 2.51. The average Bonchev–Trinajstić information content (AvgIpc) is 2.91. The molecule has 5 heteroatoms. The Morgan fingerprint density at radius 1 is 0.964 bits per heavy atom. The molecule has 2 atom stereocenters. The number of thioether (sulfide) groups is 1. The lowest BCUT2D eigenvalue weighted by atomic mass is 9.78. The van der Waals surface area contributed by atoms with Gasteiger partial charge >= 0.3 is 0 Å². The summed E-state index contributed by atoms with van der Waals surface area (Å²) in [6.07, 6.45) is 2.05. The predicted molar refractivity (Wildman–Crippen MR) is 113 cm³/mol. The lowest BCUT2D eigenvalue weighted by molar-refractivity contribution is -0.384. The van der Waals surface area contributed by atoms with Crippen LogP contribution in [0.25, 0.3) is 0 Å². The van der Waals surface area contributed by atoms with Crippen LogP contribution in [-0.2, 0) is 6.42 Å². The summed E-state index contributed by atoms with van der Waals surface area (Å²) in [4.78, 5) is 17.0. The number of para-hydroxylation sites is 1. The number of rotatable bonds is 2. The van der Waals surface area contributed by atoms with E-state index >= 15 is 0 Å². The van der Waals surface area contributed by atoms with E-state index in [0.717, 1.165) is 34.7 Å². The number of hydrogen-bond acceptors (Lipinski definition) is 4. The molecular formula is C23H18N2O2S. The van der Waals surface area contributed by atoms with Crippen molar-refractivity contribution in [3.8, 4) is 0 Å². The Morgan fingerprint density at radius 3 is 2.54 bits per heavy atom. The first-order valence-electron chi connectivity index (χ1n) is 9.37. The Balaban J connectivity index is 1.65. The molecule has 5 rings (SSSR count). The van der Waals surface area contributed by atoms with Gasteiger partial charge in [0.25, 0.3) is 5.69 Å². The van der Waals surface area contributed by atoms with E-state index in [4.69, 9.17) is 4.99 Å². The fourth-order valence-corrected chi connectivity index (χ4v) is 5.55. The normalized spacial score (nSPS) is 20.2. The zero-order chi connectivity index (χ0) is 19.1. The molecule has 1 aliphatic heterocycles. The van der Waals surface area contributed by atoms with Gasteiger partial charge in [0.15, 0.2) is 0 Å². The van der Waals surface area contributed by atoms with Gasteiger partial charge in [-0.3, -0.25) is 15.1 Å². The first-order valence-corrected chi connectivity index (χ1v) is 10.3. The molecule has 0 N–H and O–H groups in total. The molecule has 2 aliphatic rings. The van der Waals surface area contributed by atoms with Gasteiger partial charge in [0.1, 0.15) is 0 Å². The van der Waals surface area contributed by atoms with Crippen LogP contribution in [0.2, 0.25) is 0 Å². The fourth-order valence-electron chi connectivity index (χ4n) is 4.16. The van der Waals surface area contributed by atoms with Gasteiger partial charge in [-0.2, -0.15) is 0 Å². The molecule has 0 spiro atoms. The number of nitro benzene ring substituents is 1. The van der Waals surface area contributed by atoms with Crippen LogP contribution in [-0.4, -0.2) is 10.6 Å². The summed E-state index contributed by atoms with van der Waals surface area (Å²) in [5, 5.41) is 11.2. The summed E-state index contributed by atoms with van der Waals surface area (Å²) < 4.78 is 0. The minimum absolute atomic E-state index is 0.130. The van der Waals surface area contributed by atoms with Crippen molar-refractivity contribution in [3.63, 3.8) is 0 Å². The molecule has 0 unspecified atom stereocenters. The third-order valence-electron chi connectivity index (χ3n) is 5.53. The van der Waals surface area contributed by atoms with Gasteiger partial charge in [0, 0.05) is 28.2 Å². The predicted octanol–water partition coefficient (Wildman–Crippen LogP) is 6.13. The number of aryl methyl sites for hydroxylation is 1. The minimum atomic E-state index is -0.344. The highest BCUT2D eigenvalue weighted by atomic mass is 32.2. The largest absolute Gasteiger partial charge is 0.269 e. The van der Waals surface area contributed by atoms with Crippen molar-refractivity contribution >= 4 is 28.8 Å². The van der Waals surface area contributed by atoms with E-state index in [2.05, 4.69) is 36.4 Å². The maximum absolute atomic E-state index is 11.1. The Hall–Kier alpha value is -2.92. The van der Waals surface area contributed by atoms with E-state index < -0.39 is 0 Å². The van der Waals surface area contributed by atoms with E-state index in [1.807, 2.05) is 36.0 Å². The van der Waals surface area contributed by atoms with E-state index in [-0.39, 0.29) is 21.8 Å². The number of benzene rings is 3. The Labute approximate surface area is 167 Å². The Kier molecular flexibility index (Phi) is 4.24. The number of aliphatic imine (C=N–C) groups is 1. The molecule has 0 bridgehead atoms. The van der Waals surface area contributed by atoms with Crippen LogP contribution in [0.5, 0.6) is 0 Å². The van der Waals surface area contributed by atoms with Gasteiger partial charge in [-0.15, -0.1) is 11.8 Å². The van der Waals surface area contributed by atoms with Gasteiger partial charge in [-0.05, 0) is 41.7 Å². The SMILES string of the molecule is O=[N+]([O-])c1ccc([C@@H]2Sc3ccccc3N=C3c4ccccc4CC[C@@H]32)cc1. The van der Waals surface area contributed by atoms with E-state index in [0.29, 0.717) is 0 Å². The molecule has 0 radical (unpaired) electrons. The van der Waals surface area contributed by atoms with Crippen molar-refractivity contribution in [2.24, 2.45) is 10.9 Å². The summed E-state index contributed by atoms with van der Waals surface area (Å²) in [6.45, 7) is 0. The van der Waals surface area contributed by atoms with Crippen molar-refractivity contribution < 1.29 is 4.92 Å². The number of non-ortho nitro benzene ring substituents is 1. The maximum atomic E-state index is 11.1. The molecule has 28 heavy (non-hydrogen) atoms. The van der Waals surface area contributed by atoms with Crippen molar-refractivity contribution in [1.29, 1.82) is 0 Å². The molecular weight excluding hydrogens is 368 g/mol. The van der Waals surface area contributed by atoms with Crippen LogP contribution in [0.4, 0.5) is 11.4 Å². The van der Waals surface area contributed by atoms with Gasteiger partial charge < -0.3 is 0 Å². The highest BCUT2D eigenvalue weighted by molar-refractivity contribution is 7.99. The van der Waals surface area contributed by atoms with Crippen molar-refractivity contribution in [1.82, 2.24) is 0 Å². The number of nitrogens with zero attached hydrogens (tertiary/aromatic N) is 2. The average molecular weight is 386 g/mol. The highest BCUT2D eigenvalue weighted by Gasteiger charge is 2.35. The lowest BCUT2D eigenvalue weighted by Gasteiger charge is -2.31. The minimum Gasteiger partial charge on any atom is -0.258 e. The lowest BCUT2D eigenvalue weighted by Crippen LogP contribution is -2.27. The maximum Gasteiger partial charge on any atom is 0.269 e. The number of fused-ring (bicyclic) bond motifs is 4. The summed E-state index contributed by atoms with van der Waals surface area (Å²) in [5.74, 6) is 0.272. The summed E-state index contributed by atoms with van der Waals surface area (Å²) in [6, 6.07) is 23.8. The van der Waals surface area contributed by atoms with Crippen LogP contribution in [0.3, 0.4) is 0 Å². The van der Waals surface area contributed by atoms with Crippen molar-refractivity contribution in [2.75, 3.05) is 0 Å². The molecule has 0 aromatic heterocycles. The summed E-state index contributed by atoms with van der Waals surface area (Å²) >= 11 is 1.82. The van der Waals surface area contributed by atoms with Crippen molar-refractivity contribution in [3.05, 3.63) is 99.6 Å². The Morgan fingerprint density at radius 2 is 1.71 bits per heavy atom. The molecule has 0 saturated heterocycles. The monoisotopic (exact) mass is 386 g/mol. The van der Waals surface area contributed by atoms with E-state index in [1.54, 1.807) is 12.1 Å². The zero-order valence-electron chi connectivity index (χ0n) is 15.1. The Bertz CT molecular complexity index is 1090. The van der Waals surface area contributed by atoms with E-state index in [9.17, 15) is 10.1 Å². The molecule has 3 aromatic rings. The van der Waals surface area contributed by atoms with E-state index in [1.165, 1.54) is 11.1 Å². The van der Waals surface area contributed by atoms with Crippen LogP contribution in [0.15, 0.2) is 82.7 Å². The van der Waals surface area contributed by atoms with Crippen molar-refractivity contribution in [2.45, 2.75) is 23.0 Å². The van der Waals surface area contributed by atoms with Gasteiger partial charge in [-0.1, -0.05) is 48.5 Å². The molecule has 0 amide bonds. The van der Waals surface area contributed by atoms with Crippen LogP contribution in [0.1, 0.15) is 28.4 Å². The van der Waals surface area contributed by atoms with Gasteiger partial charge in [0.2, 0.25) is 0 Å². The second-order valence-corrected chi connectivity index (χ2v) is 8.34. The third-order valence-corrected chi connectivity index (χ3v) is 6.98. The topological polar surface area (TPSA) is 55.5 Å². The second kappa shape index (κ2) is 6.91. The fraction of sp³-hybridized carbons (Fsp3) is 0.174. The van der Waals surface area contributed by atoms with Gasteiger partial charge in [0.05, 0.1) is 16.3 Å². The standard InChI is InChI=1S/C23H18N2O2S/c26-25(27)17-12-9-16(10-13-17)23-19-14-11-15-5-1-2-6-18(15)22(19)24-20-7-3-4-8-21(20)28-23/h1-10,12-13,19,23H,11,14H2/t19-,23-/m0/s1. The number of nitro groups is 1. The first kappa shape index (κ1) is 17.2. The molecule has 4 nitrogen and oxygen atoms in total. The first-order chi connectivity index (χ1) is 13.7. The molecule has 1 aliphatic carbocycles. The molecule has 0 saturated carbocycles.